The lowest BCUT2D eigenvalue weighted by Crippen LogP contribution is -2.43. The van der Waals surface area contributed by atoms with Crippen molar-refractivity contribution in [3.05, 3.63) is 35.9 Å². The Labute approximate surface area is 103 Å². The third kappa shape index (κ3) is 2.61. The lowest BCUT2D eigenvalue weighted by molar-refractivity contribution is 0.418. The molecule has 1 aromatic carbocycles. The van der Waals surface area contributed by atoms with E-state index in [9.17, 15) is 0 Å². The van der Waals surface area contributed by atoms with Crippen molar-refractivity contribution in [1.29, 1.82) is 0 Å². The highest BCUT2D eigenvalue weighted by molar-refractivity contribution is 8.00. The number of rotatable bonds is 3. The van der Waals surface area contributed by atoms with Crippen LogP contribution in [-0.2, 0) is 0 Å². The van der Waals surface area contributed by atoms with Crippen LogP contribution in [0.1, 0.15) is 38.3 Å². The van der Waals surface area contributed by atoms with Crippen LogP contribution in [0.4, 0.5) is 0 Å². The monoisotopic (exact) mass is 235 g/mol. The zero-order chi connectivity index (χ0) is 11.4. The van der Waals surface area contributed by atoms with Crippen LogP contribution >= 0.6 is 11.8 Å². The smallest absolute Gasteiger partial charge is 0.0442 e. The topological polar surface area (TPSA) is 12.0 Å². The fourth-order valence-corrected chi connectivity index (χ4v) is 3.78. The van der Waals surface area contributed by atoms with Crippen LogP contribution in [0, 0.1) is 0 Å². The standard InChI is InChI=1S/C14H21NS/c1-3-12-10-16-13(4-2)14(15-12)11-8-6-5-7-9-11/h5-9,12-15H,3-4,10H2,1-2H3. The molecule has 1 aliphatic rings. The van der Waals surface area contributed by atoms with Crippen molar-refractivity contribution >= 4 is 11.8 Å². The van der Waals surface area contributed by atoms with Gasteiger partial charge in [0, 0.05) is 23.1 Å². The molecule has 1 nitrogen and oxygen atoms in total. The predicted molar refractivity (Wildman–Crippen MR) is 72.9 cm³/mol. The van der Waals surface area contributed by atoms with E-state index in [2.05, 4.69) is 61.3 Å². The van der Waals surface area contributed by atoms with Gasteiger partial charge >= 0.3 is 0 Å². The minimum absolute atomic E-state index is 0.537. The van der Waals surface area contributed by atoms with Crippen LogP contribution in [0.15, 0.2) is 30.3 Å². The zero-order valence-corrected chi connectivity index (χ0v) is 11.0. The number of benzene rings is 1. The minimum Gasteiger partial charge on any atom is -0.305 e. The van der Waals surface area contributed by atoms with Crippen molar-refractivity contribution in [1.82, 2.24) is 5.32 Å². The van der Waals surface area contributed by atoms with E-state index in [1.807, 2.05) is 0 Å². The fourth-order valence-electron chi connectivity index (χ4n) is 2.31. The molecule has 0 spiro atoms. The maximum atomic E-state index is 3.80. The average Bonchev–Trinajstić information content (AvgIpc) is 2.39. The summed E-state index contributed by atoms with van der Waals surface area (Å²) in [6, 6.07) is 12.1. The molecule has 3 atom stereocenters. The first-order valence-corrected chi connectivity index (χ1v) is 7.32. The number of hydrogen-bond donors (Lipinski definition) is 1. The molecule has 88 valence electrons. The summed E-state index contributed by atoms with van der Waals surface area (Å²) in [7, 11) is 0. The molecule has 1 aromatic rings. The van der Waals surface area contributed by atoms with Gasteiger partial charge < -0.3 is 5.32 Å². The molecular formula is C14H21NS. The van der Waals surface area contributed by atoms with Crippen molar-refractivity contribution in [2.24, 2.45) is 0 Å². The van der Waals surface area contributed by atoms with Gasteiger partial charge in [0.05, 0.1) is 0 Å². The maximum absolute atomic E-state index is 3.80. The highest BCUT2D eigenvalue weighted by Gasteiger charge is 2.29. The molecule has 0 aliphatic carbocycles. The third-order valence-electron chi connectivity index (χ3n) is 3.35. The Hall–Kier alpha value is -0.470. The van der Waals surface area contributed by atoms with Crippen LogP contribution in [0.5, 0.6) is 0 Å². The van der Waals surface area contributed by atoms with E-state index in [0.29, 0.717) is 12.1 Å². The van der Waals surface area contributed by atoms with Gasteiger partial charge in [0.2, 0.25) is 0 Å². The Morgan fingerprint density at radius 1 is 1.19 bits per heavy atom. The molecule has 3 unspecified atom stereocenters. The van der Waals surface area contributed by atoms with E-state index in [0.717, 1.165) is 5.25 Å². The molecule has 1 N–H and O–H groups in total. The number of thioether (sulfide) groups is 1. The molecule has 2 rings (SSSR count). The lowest BCUT2D eigenvalue weighted by atomic mass is 10.00. The third-order valence-corrected chi connectivity index (χ3v) is 4.98. The van der Waals surface area contributed by atoms with Crippen LogP contribution in [-0.4, -0.2) is 17.0 Å². The Morgan fingerprint density at radius 2 is 1.94 bits per heavy atom. The molecule has 1 heterocycles. The summed E-state index contributed by atoms with van der Waals surface area (Å²) in [4.78, 5) is 0. The Morgan fingerprint density at radius 3 is 2.56 bits per heavy atom. The first-order chi connectivity index (χ1) is 7.85. The Balaban J connectivity index is 2.15. The van der Waals surface area contributed by atoms with Crippen LogP contribution in [0.25, 0.3) is 0 Å². The molecule has 0 aromatic heterocycles. The fraction of sp³-hybridized carbons (Fsp3) is 0.571. The summed E-state index contributed by atoms with van der Waals surface area (Å²) in [6.07, 6.45) is 2.47. The highest BCUT2D eigenvalue weighted by Crippen LogP contribution is 2.34. The van der Waals surface area contributed by atoms with Gasteiger partial charge in [0.25, 0.3) is 0 Å². The quantitative estimate of drug-likeness (QED) is 0.858. The van der Waals surface area contributed by atoms with E-state index in [1.165, 1.54) is 24.2 Å². The van der Waals surface area contributed by atoms with Crippen LogP contribution in [0.2, 0.25) is 0 Å². The van der Waals surface area contributed by atoms with E-state index in [1.54, 1.807) is 0 Å². The highest BCUT2D eigenvalue weighted by atomic mass is 32.2. The van der Waals surface area contributed by atoms with E-state index in [-0.39, 0.29) is 0 Å². The van der Waals surface area contributed by atoms with Crippen molar-refractivity contribution in [2.75, 3.05) is 5.75 Å². The SMILES string of the molecule is CCC1CSC(CC)C(c2ccccc2)N1. The molecule has 0 bridgehead atoms. The van der Waals surface area contributed by atoms with Gasteiger partial charge in [0.15, 0.2) is 0 Å². The van der Waals surface area contributed by atoms with Gasteiger partial charge in [-0.2, -0.15) is 11.8 Å². The maximum Gasteiger partial charge on any atom is 0.0442 e. The first-order valence-electron chi connectivity index (χ1n) is 6.27. The van der Waals surface area contributed by atoms with Crippen molar-refractivity contribution in [3.63, 3.8) is 0 Å². The second-order valence-electron chi connectivity index (χ2n) is 4.44. The second kappa shape index (κ2) is 5.74. The summed E-state index contributed by atoms with van der Waals surface area (Å²) in [5, 5.41) is 4.53. The molecule has 0 saturated carbocycles. The van der Waals surface area contributed by atoms with Gasteiger partial charge in [-0.05, 0) is 18.4 Å². The van der Waals surface area contributed by atoms with E-state index in [4.69, 9.17) is 0 Å². The summed E-state index contributed by atoms with van der Waals surface area (Å²) in [5.41, 5.74) is 1.44. The molecule has 0 radical (unpaired) electrons. The number of nitrogens with one attached hydrogen (secondary N) is 1. The van der Waals surface area contributed by atoms with Crippen molar-refractivity contribution < 1.29 is 0 Å². The van der Waals surface area contributed by atoms with Gasteiger partial charge in [-0.3, -0.25) is 0 Å². The second-order valence-corrected chi connectivity index (χ2v) is 5.71. The van der Waals surface area contributed by atoms with Crippen molar-refractivity contribution in [2.45, 2.75) is 44.0 Å². The minimum atomic E-state index is 0.537. The van der Waals surface area contributed by atoms with Gasteiger partial charge in [0.1, 0.15) is 0 Å². The molecule has 1 fully saturated rings. The predicted octanol–water partition coefficient (Wildman–Crippen LogP) is 3.62. The number of hydrogen-bond acceptors (Lipinski definition) is 2. The average molecular weight is 235 g/mol. The molecule has 2 heteroatoms. The molecular weight excluding hydrogens is 214 g/mol. The van der Waals surface area contributed by atoms with Gasteiger partial charge in [-0.1, -0.05) is 44.2 Å². The van der Waals surface area contributed by atoms with Gasteiger partial charge in [-0.25, -0.2) is 0 Å². The Bertz CT molecular complexity index is 312. The summed E-state index contributed by atoms with van der Waals surface area (Å²) in [5.74, 6) is 1.26. The summed E-state index contributed by atoms with van der Waals surface area (Å²) < 4.78 is 0. The normalized spacial score (nSPS) is 30.2. The summed E-state index contributed by atoms with van der Waals surface area (Å²) in [6.45, 7) is 4.56. The van der Waals surface area contributed by atoms with E-state index < -0.39 is 0 Å². The lowest BCUT2D eigenvalue weighted by Gasteiger charge is -2.37. The summed E-state index contributed by atoms with van der Waals surface area (Å²) >= 11 is 2.14. The largest absolute Gasteiger partial charge is 0.305 e. The van der Waals surface area contributed by atoms with Crippen LogP contribution in [0.3, 0.4) is 0 Å². The molecule has 16 heavy (non-hydrogen) atoms. The molecule has 1 saturated heterocycles. The van der Waals surface area contributed by atoms with E-state index >= 15 is 0 Å². The van der Waals surface area contributed by atoms with Gasteiger partial charge in [-0.15, -0.1) is 0 Å². The molecule has 0 amide bonds. The molecule has 1 aliphatic heterocycles. The zero-order valence-electron chi connectivity index (χ0n) is 10.1. The van der Waals surface area contributed by atoms with Crippen molar-refractivity contribution in [3.8, 4) is 0 Å². The first kappa shape index (κ1) is 12.0. The van der Waals surface area contributed by atoms with Crippen LogP contribution < -0.4 is 5.32 Å². The Kier molecular flexibility index (Phi) is 4.30.